The van der Waals surface area contributed by atoms with Crippen LogP contribution in [0.4, 0.5) is 0 Å². The van der Waals surface area contributed by atoms with Crippen LogP contribution in [0.3, 0.4) is 0 Å². The Kier molecular flexibility index (Phi) is 4.73. The van der Waals surface area contributed by atoms with E-state index in [2.05, 4.69) is 4.98 Å². The van der Waals surface area contributed by atoms with E-state index in [1.54, 1.807) is 19.2 Å². The second kappa shape index (κ2) is 6.10. The maximum absolute atomic E-state index is 10.6. The smallest absolute Gasteiger partial charge is 0.354 e. The third-order valence-electron chi connectivity index (χ3n) is 1.71. The van der Waals surface area contributed by atoms with Crippen molar-refractivity contribution < 1.29 is 19.4 Å². The van der Waals surface area contributed by atoms with Gasteiger partial charge in [0.1, 0.15) is 5.69 Å². The van der Waals surface area contributed by atoms with E-state index in [1.807, 2.05) is 0 Å². The molecule has 1 aromatic rings. The minimum Gasteiger partial charge on any atom is -0.477 e. The summed E-state index contributed by atoms with van der Waals surface area (Å²) in [5.41, 5.74) is 0.633. The highest BCUT2D eigenvalue weighted by molar-refractivity contribution is 5.85. The summed E-state index contributed by atoms with van der Waals surface area (Å²) in [6.45, 7) is 1.28. The number of hydrogen-bond donors (Lipinski definition) is 1. The molecule has 0 aliphatic heterocycles. The molecule has 15 heavy (non-hydrogen) atoms. The molecule has 5 nitrogen and oxygen atoms in total. The van der Waals surface area contributed by atoms with Crippen LogP contribution in [0.15, 0.2) is 18.2 Å². The highest BCUT2D eigenvalue weighted by Gasteiger charge is 2.04. The van der Waals surface area contributed by atoms with E-state index >= 15 is 0 Å². The number of carboxylic acid groups (broad SMARTS) is 1. The van der Waals surface area contributed by atoms with Crippen LogP contribution in [-0.4, -0.2) is 36.4 Å². The van der Waals surface area contributed by atoms with Gasteiger partial charge in [0, 0.05) is 7.11 Å². The summed E-state index contributed by atoms with van der Waals surface area (Å²) in [6, 6.07) is 4.81. The average Bonchev–Trinajstić information content (AvgIpc) is 2.25. The van der Waals surface area contributed by atoms with E-state index in [4.69, 9.17) is 14.6 Å². The highest BCUT2D eigenvalue weighted by atomic mass is 16.5. The van der Waals surface area contributed by atoms with E-state index < -0.39 is 5.97 Å². The Labute approximate surface area is 87.7 Å². The van der Waals surface area contributed by atoms with Crippen molar-refractivity contribution in [3.63, 3.8) is 0 Å². The molecule has 0 amide bonds. The number of nitrogens with zero attached hydrogens (tertiary/aromatic N) is 1. The molecule has 0 spiro atoms. The van der Waals surface area contributed by atoms with Gasteiger partial charge in [-0.2, -0.15) is 0 Å². The van der Waals surface area contributed by atoms with Crippen LogP contribution in [0.25, 0.3) is 0 Å². The van der Waals surface area contributed by atoms with Gasteiger partial charge in [0.25, 0.3) is 0 Å². The molecule has 0 radical (unpaired) electrons. The van der Waals surface area contributed by atoms with E-state index in [-0.39, 0.29) is 5.69 Å². The first-order chi connectivity index (χ1) is 7.24. The van der Waals surface area contributed by atoms with Crippen LogP contribution in [0.5, 0.6) is 0 Å². The lowest BCUT2D eigenvalue weighted by Gasteiger charge is -2.03. The summed E-state index contributed by atoms with van der Waals surface area (Å²) < 4.78 is 10.0. The third-order valence-corrected chi connectivity index (χ3v) is 1.71. The van der Waals surface area contributed by atoms with Crippen LogP contribution in [0.1, 0.15) is 16.2 Å². The largest absolute Gasteiger partial charge is 0.477 e. The van der Waals surface area contributed by atoms with Crippen molar-refractivity contribution in [3.8, 4) is 0 Å². The molecule has 0 aliphatic carbocycles. The number of aromatic carboxylic acids is 1. The zero-order chi connectivity index (χ0) is 11.1. The second-order valence-electron chi connectivity index (χ2n) is 2.86. The van der Waals surface area contributed by atoms with Gasteiger partial charge in [-0.25, -0.2) is 9.78 Å². The van der Waals surface area contributed by atoms with E-state index in [1.165, 1.54) is 6.07 Å². The number of rotatable bonds is 6. The Hall–Kier alpha value is -1.46. The van der Waals surface area contributed by atoms with Crippen LogP contribution < -0.4 is 0 Å². The fraction of sp³-hybridized carbons (Fsp3) is 0.400. The molecule has 82 valence electrons. The Balaban J connectivity index is 2.47. The number of carbonyl (C=O) groups is 1. The Morgan fingerprint density at radius 3 is 2.93 bits per heavy atom. The summed E-state index contributed by atoms with van der Waals surface area (Å²) in [5.74, 6) is -1.03. The van der Waals surface area contributed by atoms with E-state index in [0.29, 0.717) is 25.5 Å². The van der Waals surface area contributed by atoms with Crippen LogP contribution >= 0.6 is 0 Å². The lowest BCUT2D eigenvalue weighted by atomic mass is 10.3. The summed E-state index contributed by atoms with van der Waals surface area (Å²) in [6.07, 6.45) is 0. The zero-order valence-electron chi connectivity index (χ0n) is 8.47. The molecule has 0 aromatic carbocycles. The summed E-state index contributed by atoms with van der Waals surface area (Å²) in [5, 5.41) is 8.70. The molecular formula is C10H13NO4. The maximum atomic E-state index is 10.6. The van der Waals surface area contributed by atoms with Gasteiger partial charge in [-0.15, -0.1) is 0 Å². The number of aromatic nitrogens is 1. The molecule has 5 heteroatoms. The van der Waals surface area contributed by atoms with Crippen molar-refractivity contribution in [2.24, 2.45) is 0 Å². The van der Waals surface area contributed by atoms with Gasteiger partial charge in [0.05, 0.1) is 25.5 Å². The quantitative estimate of drug-likeness (QED) is 0.709. The summed E-state index contributed by atoms with van der Waals surface area (Å²) in [7, 11) is 1.59. The zero-order valence-corrected chi connectivity index (χ0v) is 8.47. The Bertz CT molecular complexity index is 327. The predicted octanol–water partition coefficient (Wildman–Crippen LogP) is 0.943. The van der Waals surface area contributed by atoms with Crippen LogP contribution in [0.2, 0.25) is 0 Å². The van der Waals surface area contributed by atoms with Gasteiger partial charge in [-0.3, -0.25) is 0 Å². The molecule has 1 rings (SSSR count). The van der Waals surface area contributed by atoms with Gasteiger partial charge in [0.2, 0.25) is 0 Å². The molecular weight excluding hydrogens is 198 g/mol. The molecule has 0 saturated carbocycles. The normalized spacial score (nSPS) is 10.2. The van der Waals surface area contributed by atoms with Crippen molar-refractivity contribution >= 4 is 5.97 Å². The Morgan fingerprint density at radius 1 is 1.47 bits per heavy atom. The van der Waals surface area contributed by atoms with Crippen molar-refractivity contribution in [1.82, 2.24) is 4.98 Å². The molecule has 1 heterocycles. The standard InChI is InChI=1S/C10H13NO4/c1-14-5-6-15-7-8-3-2-4-9(11-8)10(12)13/h2-4H,5-7H2,1H3,(H,12,13). The minimum absolute atomic E-state index is 0.0304. The van der Waals surface area contributed by atoms with Crippen molar-refractivity contribution in [1.29, 1.82) is 0 Å². The number of ether oxygens (including phenoxy) is 2. The lowest BCUT2D eigenvalue weighted by Crippen LogP contribution is -2.06. The predicted molar refractivity (Wildman–Crippen MR) is 52.7 cm³/mol. The van der Waals surface area contributed by atoms with Gasteiger partial charge < -0.3 is 14.6 Å². The van der Waals surface area contributed by atoms with E-state index in [0.717, 1.165) is 0 Å². The third kappa shape index (κ3) is 4.05. The fourth-order valence-corrected chi connectivity index (χ4v) is 0.998. The fourth-order valence-electron chi connectivity index (χ4n) is 0.998. The van der Waals surface area contributed by atoms with Crippen LogP contribution in [-0.2, 0) is 16.1 Å². The van der Waals surface area contributed by atoms with Crippen molar-refractivity contribution in [3.05, 3.63) is 29.6 Å². The first-order valence-electron chi connectivity index (χ1n) is 4.50. The minimum atomic E-state index is -1.03. The first-order valence-corrected chi connectivity index (χ1v) is 4.50. The topological polar surface area (TPSA) is 68.7 Å². The Morgan fingerprint density at radius 2 is 2.27 bits per heavy atom. The van der Waals surface area contributed by atoms with E-state index in [9.17, 15) is 4.79 Å². The summed E-state index contributed by atoms with van der Waals surface area (Å²) in [4.78, 5) is 14.5. The molecule has 1 aromatic heterocycles. The molecule has 0 aliphatic rings. The molecule has 0 unspecified atom stereocenters. The number of pyridine rings is 1. The second-order valence-corrected chi connectivity index (χ2v) is 2.86. The van der Waals surface area contributed by atoms with Gasteiger partial charge in [0.15, 0.2) is 0 Å². The van der Waals surface area contributed by atoms with Crippen molar-refractivity contribution in [2.75, 3.05) is 20.3 Å². The molecule has 0 atom stereocenters. The molecule has 0 bridgehead atoms. The number of methoxy groups -OCH3 is 1. The van der Waals surface area contributed by atoms with Gasteiger partial charge in [-0.1, -0.05) is 6.07 Å². The lowest BCUT2D eigenvalue weighted by molar-refractivity contribution is 0.0596. The molecule has 0 fully saturated rings. The van der Waals surface area contributed by atoms with Crippen LogP contribution in [0, 0.1) is 0 Å². The summed E-state index contributed by atoms with van der Waals surface area (Å²) >= 11 is 0. The molecule has 0 saturated heterocycles. The molecule has 1 N–H and O–H groups in total. The average molecular weight is 211 g/mol. The van der Waals surface area contributed by atoms with Crippen molar-refractivity contribution in [2.45, 2.75) is 6.61 Å². The number of hydrogen-bond acceptors (Lipinski definition) is 4. The SMILES string of the molecule is COCCOCc1cccc(C(=O)O)n1. The monoisotopic (exact) mass is 211 g/mol. The first kappa shape index (κ1) is 11.6. The highest BCUT2D eigenvalue weighted by Crippen LogP contribution is 2.01. The number of carboxylic acids is 1. The van der Waals surface area contributed by atoms with Gasteiger partial charge >= 0.3 is 5.97 Å². The maximum Gasteiger partial charge on any atom is 0.354 e. The van der Waals surface area contributed by atoms with Gasteiger partial charge in [-0.05, 0) is 12.1 Å².